The minimum Gasteiger partial charge on any atom is -0.365 e. The van der Waals surface area contributed by atoms with Gasteiger partial charge in [-0.25, -0.2) is 9.97 Å². The summed E-state index contributed by atoms with van der Waals surface area (Å²) in [6.45, 7) is 12.4. The minimum atomic E-state index is 0.368. The Morgan fingerprint density at radius 3 is 2.80 bits per heavy atom. The Hall–Kier alpha value is -1.42. The number of nitrogens with zero attached hydrogens (tertiary/aromatic N) is 3. The van der Waals surface area contributed by atoms with E-state index in [1.807, 2.05) is 6.20 Å². The smallest absolute Gasteiger partial charge is 0.131 e. The van der Waals surface area contributed by atoms with Gasteiger partial charge in [0.05, 0.1) is 17.6 Å². The number of hydrogen-bond acceptors (Lipinski definition) is 4. The van der Waals surface area contributed by atoms with Crippen molar-refractivity contribution in [3.63, 3.8) is 0 Å². The highest BCUT2D eigenvalue weighted by Gasteiger charge is 2.16. The molecule has 0 atom stereocenters. The van der Waals surface area contributed by atoms with Crippen molar-refractivity contribution in [1.82, 2.24) is 15.3 Å². The summed E-state index contributed by atoms with van der Waals surface area (Å²) in [6, 6.07) is 0. The van der Waals surface area contributed by atoms with Crippen molar-refractivity contribution in [3.05, 3.63) is 29.4 Å². The van der Waals surface area contributed by atoms with Crippen molar-refractivity contribution < 1.29 is 0 Å². The average molecular weight is 274 g/mol. The van der Waals surface area contributed by atoms with Crippen LogP contribution in [0.25, 0.3) is 0 Å². The number of anilines is 1. The van der Waals surface area contributed by atoms with Crippen molar-refractivity contribution in [2.45, 2.75) is 46.6 Å². The van der Waals surface area contributed by atoms with E-state index in [2.05, 4.69) is 49.0 Å². The molecule has 2 heterocycles. The topological polar surface area (TPSA) is 41.1 Å². The van der Waals surface area contributed by atoms with E-state index in [9.17, 15) is 0 Å². The molecule has 20 heavy (non-hydrogen) atoms. The van der Waals surface area contributed by atoms with E-state index in [0.717, 1.165) is 44.1 Å². The molecule has 0 saturated heterocycles. The third-order valence-corrected chi connectivity index (χ3v) is 3.70. The van der Waals surface area contributed by atoms with Crippen LogP contribution in [0.15, 0.2) is 17.8 Å². The second-order valence-electron chi connectivity index (χ2n) is 5.74. The van der Waals surface area contributed by atoms with Crippen LogP contribution in [0.5, 0.6) is 0 Å². The Morgan fingerprint density at radius 1 is 1.40 bits per heavy atom. The van der Waals surface area contributed by atoms with Crippen molar-refractivity contribution >= 4 is 5.69 Å². The zero-order chi connectivity index (χ0) is 14.5. The molecule has 1 N–H and O–H groups in total. The molecule has 1 aromatic heterocycles. The molecule has 0 amide bonds. The highest BCUT2D eigenvalue weighted by atomic mass is 15.2. The molecule has 1 aromatic rings. The molecular formula is C16H26N4. The van der Waals surface area contributed by atoms with E-state index in [0.29, 0.717) is 5.92 Å². The minimum absolute atomic E-state index is 0.368. The number of nitrogens with one attached hydrogen (secondary N) is 1. The highest BCUT2D eigenvalue weighted by molar-refractivity contribution is 5.51. The van der Waals surface area contributed by atoms with E-state index in [1.54, 1.807) is 0 Å². The first-order valence-electron chi connectivity index (χ1n) is 7.59. The van der Waals surface area contributed by atoms with Gasteiger partial charge < -0.3 is 10.2 Å². The molecule has 0 bridgehead atoms. The summed E-state index contributed by atoms with van der Waals surface area (Å²) in [5.41, 5.74) is 3.78. The average Bonchev–Trinajstić information content (AvgIpc) is 2.45. The molecule has 0 spiro atoms. The maximum Gasteiger partial charge on any atom is 0.131 e. The van der Waals surface area contributed by atoms with Crippen molar-refractivity contribution in [2.75, 3.05) is 24.5 Å². The standard InChI is InChI=1S/C16H26N4/c1-5-17-10-14-15(11-18-16(19-14)12(2)3)20-8-6-13(4)7-9-20/h6,11-12,17H,5,7-10H2,1-4H3. The summed E-state index contributed by atoms with van der Waals surface area (Å²) in [5, 5.41) is 3.39. The van der Waals surface area contributed by atoms with Gasteiger partial charge in [-0.1, -0.05) is 32.4 Å². The molecule has 1 aliphatic heterocycles. The Balaban J connectivity index is 2.26. The maximum atomic E-state index is 4.77. The van der Waals surface area contributed by atoms with E-state index in [1.165, 1.54) is 11.3 Å². The first kappa shape index (κ1) is 15.0. The van der Waals surface area contributed by atoms with Gasteiger partial charge in [0.15, 0.2) is 0 Å². The second-order valence-corrected chi connectivity index (χ2v) is 5.74. The van der Waals surface area contributed by atoms with Crippen LogP contribution >= 0.6 is 0 Å². The van der Waals surface area contributed by atoms with Crippen molar-refractivity contribution in [3.8, 4) is 0 Å². The van der Waals surface area contributed by atoms with Gasteiger partial charge in [-0.3, -0.25) is 0 Å². The van der Waals surface area contributed by atoms with Gasteiger partial charge in [0, 0.05) is 25.6 Å². The Labute approximate surface area is 122 Å². The van der Waals surface area contributed by atoms with Gasteiger partial charge in [-0.2, -0.15) is 0 Å². The summed E-state index contributed by atoms with van der Waals surface area (Å²) in [6.07, 6.45) is 5.44. The molecule has 0 unspecified atom stereocenters. The largest absolute Gasteiger partial charge is 0.365 e. The monoisotopic (exact) mass is 274 g/mol. The van der Waals surface area contributed by atoms with Crippen molar-refractivity contribution in [2.24, 2.45) is 0 Å². The summed E-state index contributed by atoms with van der Waals surface area (Å²) in [5.74, 6) is 1.30. The number of aromatic nitrogens is 2. The quantitative estimate of drug-likeness (QED) is 0.838. The maximum absolute atomic E-state index is 4.77. The van der Waals surface area contributed by atoms with Crippen LogP contribution in [0, 0.1) is 0 Å². The Morgan fingerprint density at radius 2 is 2.20 bits per heavy atom. The Kier molecular flexibility index (Phi) is 5.12. The lowest BCUT2D eigenvalue weighted by Crippen LogP contribution is -2.30. The van der Waals surface area contributed by atoms with Crippen LogP contribution in [-0.2, 0) is 6.54 Å². The fourth-order valence-electron chi connectivity index (χ4n) is 2.33. The third kappa shape index (κ3) is 3.57. The molecule has 0 fully saturated rings. The van der Waals surface area contributed by atoms with E-state index in [4.69, 9.17) is 4.98 Å². The van der Waals surface area contributed by atoms with Crippen LogP contribution in [0.4, 0.5) is 5.69 Å². The van der Waals surface area contributed by atoms with Crippen LogP contribution in [0.1, 0.15) is 51.6 Å². The molecule has 2 rings (SSSR count). The molecule has 0 aromatic carbocycles. The van der Waals surface area contributed by atoms with E-state index >= 15 is 0 Å². The highest BCUT2D eigenvalue weighted by Crippen LogP contribution is 2.23. The molecule has 0 aliphatic carbocycles. The molecule has 0 saturated carbocycles. The zero-order valence-electron chi connectivity index (χ0n) is 13.1. The fraction of sp³-hybridized carbons (Fsp3) is 0.625. The van der Waals surface area contributed by atoms with Gasteiger partial charge >= 0.3 is 0 Å². The third-order valence-electron chi connectivity index (χ3n) is 3.70. The fourth-order valence-corrected chi connectivity index (χ4v) is 2.33. The van der Waals surface area contributed by atoms with Gasteiger partial charge in [0.25, 0.3) is 0 Å². The van der Waals surface area contributed by atoms with E-state index in [-0.39, 0.29) is 0 Å². The van der Waals surface area contributed by atoms with E-state index < -0.39 is 0 Å². The van der Waals surface area contributed by atoms with Gasteiger partial charge in [-0.05, 0) is 19.9 Å². The first-order valence-corrected chi connectivity index (χ1v) is 7.59. The summed E-state index contributed by atoms with van der Waals surface area (Å²) in [7, 11) is 0. The van der Waals surface area contributed by atoms with Crippen LogP contribution in [-0.4, -0.2) is 29.6 Å². The summed E-state index contributed by atoms with van der Waals surface area (Å²) >= 11 is 0. The first-order chi connectivity index (χ1) is 9.61. The molecular weight excluding hydrogens is 248 g/mol. The lowest BCUT2D eigenvalue weighted by Gasteiger charge is -2.29. The normalized spacial score (nSPS) is 15.7. The summed E-state index contributed by atoms with van der Waals surface area (Å²) in [4.78, 5) is 11.7. The predicted molar refractivity (Wildman–Crippen MR) is 84.1 cm³/mol. The predicted octanol–water partition coefficient (Wildman–Crippen LogP) is 2.87. The second kappa shape index (κ2) is 6.84. The summed E-state index contributed by atoms with van der Waals surface area (Å²) < 4.78 is 0. The number of hydrogen-bond donors (Lipinski definition) is 1. The van der Waals surface area contributed by atoms with Gasteiger partial charge in [0.2, 0.25) is 0 Å². The molecule has 110 valence electrons. The van der Waals surface area contributed by atoms with Crippen molar-refractivity contribution in [1.29, 1.82) is 0 Å². The van der Waals surface area contributed by atoms with Crippen LogP contribution in [0.3, 0.4) is 0 Å². The van der Waals surface area contributed by atoms with Crippen LogP contribution in [0.2, 0.25) is 0 Å². The zero-order valence-corrected chi connectivity index (χ0v) is 13.1. The SMILES string of the molecule is CCNCc1nc(C(C)C)ncc1N1CC=C(C)CC1. The molecule has 1 aliphatic rings. The van der Waals surface area contributed by atoms with Crippen LogP contribution < -0.4 is 10.2 Å². The Bertz CT molecular complexity index is 479. The molecule has 4 nitrogen and oxygen atoms in total. The van der Waals surface area contributed by atoms with Gasteiger partial charge in [0.1, 0.15) is 5.82 Å². The molecule has 4 heteroatoms. The lowest BCUT2D eigenvalue weighted by atomic mass is 10.1. The lowest BCUT2D eigenvalue weighted by molar-refractivity contribution is 0.676. The molecule has 0 radical (unpaired) electrons. The van der Waals surface area contributed by atoms with Gasteiger partial charge in [-0.15, -0.1) is 0 Å². The number of rotatable bonds is 5.